The molecule has 1 fully saturated rings. The maximum atomic E-state index is 13.3. The first kappa shape index (κ1) is 15.4. The maximum Gasteiger partial charge on any atom is 0.241 e. The monoisotopic (exact) mass is 302 g/mol. The van der Waals surface area contributed by atoms with Crippen LogP contribution < -0.4 is 10.5 Å². The van der Waals surface area contributed by atoms with E-state index in [1.807, 2.05) is 6.92 Å². The lowest BCUT2D eigenvalue weighted by Crippen LogP contribution is -2.47. The van der Waals surface area contributed by atoms with Crippen molar-refractivity contribution in [3.8, 4) is 0 Å². The summed E-state index contributed by atoms with van der Waals surface area (Å²) in [7, 11) is -3.75. The first-order chi connectivity index (χ1) is 9.46. The molecule has 112 valence electrons. The molecule has 0 bridgehead atoms. The predicted octanol–water partition coefficient (Wildman–Crippen LogP) is 1.13. The van der Waals surface area contributed by atoms with E-state index in [0.29, 0.717) is 25.0 Å². The van der Waals surface area contributed by atoms with Crippen LogP contribution in [0.25, 0.3) is 0 Å². The van der Waals surface area contributed by atoms with Crippen molar-refractivity contribution in [2.75, 3.05) is 6.61 Å². The van der Waals surface area contributed by atoms with Crippen molar-refractivity contribution in [2.24, 2.45) is 5.73 Å². The lowest BCUT2D eigenvalue weighted by Gasteiger charge is -2.35. The van der Waals surface area contributed by atoms with E-state index in [4.69, 9.17) is 10.5 Å². The van der Waals surface area contributed by atoms with E-state index < -0.39 is 15.8 Å². The molecule has 1 aliphatic rings. The van der Waals surface area contributed by atoms with Crippen molar-refractivity contribution in [1.82, 2.24) is 4.72 Å². The van der Waals surface area contributed by atoms with Crippen LogP contribution in [0.1, 0.15) is 25.3 Å². The summed E-state index contributed by atoms with van der Waals surface area (Å²) in [6.07, 6.45) is 1.38. The van der Waals surface area contributed by atoms with Gasteiger partial charge < -0.3 is 10.5 Å². The number of ether oxygens (including phenoxy) is 1. The molecule has 5 nitrogen and oxygen atoms in total. The summed E-state index contributed by atoms with van der Waals surface area (Å²) in [6, 6.07) is 3.44. The maximum absolute atomic E-state index is 13.3. The summed E-state index contributed by atoms with van der Waals surface area (Å²) < 4.78 is 45.7. The Bertz CT molecular complexity index is 571. The highest BCUT2D eigenvalue weighted by atomic mass is 32.2. The van der Waals surface area contributed by atoms with Crippen LogP contribution in [0.4, 0.5) is 4.39 Å². The van der Waals surface area contributed by atoms with Crippen LogP contribution >= 0.6 is 0 Å². The SMILES string of the molecule is CCOC1CC(NS(=O)(=O)c2cc(F)ccc2CN)C1. The molecular weight excluding hydrogens is 283 g/mol. The average Bonchev–Trinajstić information content (AvgIpc) is 2.36. The Morgan fingerprint density at radius 3 is 2.75 bits per heavy atom. The fraction of sp³-hybridized carbons (Fsp3) is 0.538. The Kier molecular flexibility index (Phi) is 4.74. The lowest BCUT2D eigenvalue weighted by molar-refractivity contribution is -0.00476. The van der Waals surface area contributed by atoms with Crippen molar-refractivity contribution in [2.45, 2.75) is 43.4 Å². The Hall–Kier alpha value is -1.02. The molecule has 0 amide bonds. The molecule has 0 unspecified atom stereocenters. The number of hydrogen-bond acceptors (Lipinski definition) is 4. The Morgan fingerprint density at radius 2 is 2.15 bits per heavy atom. The topological polar surface area (TPSA) is 81.4 Å². The van der Waals surface area contributed by atoms with Gasteiger partial charge in [0.25, 0.3) is 0 Å². The van der Waals surface area contributed by atoms with Gasteiger partial charge in [-0.15, -0.1) is 0 Å². The standard InChI is InChI=1S/C13H19FN2O3S/c1-2-19-12-6-11(7-12)16-20(17,18)13-5-10(14)4-3-9(13)8-15/h3-5,11-12,16H,2,6-8,15H2,1H3. The minimum atomic E-state index is -3.75. The van der Waals surface area contributed by atoms with Gasteiger partial charge in [0.2, 0.25) is 10.0 Å². The van der Waals surface area contributed by atoms with Gasteiger partial charge in [-0.05, 0) is 37.5 Å². The first-order valence-corrected chi connectivity index (χ1v) is 8.07. The molecule has 1 aromatic carbocycles. The van der Waals surface area contributed by atoms with Crippen LogP contribution in [0.15, 0.2) is 23.1 Å². The Morgan fingerprint density at radius 1 is 1.45 bits per heavy atom. The van der Waals surface area contributed by atoms with Gasteiger partial charge in [0.05, 0.1) is 11.0 Å². The molecule has 0 spiro atoms. The van der Waals surface area contributed by atoms with E-state index in [0.717, 1.165) is 6.07 Å². The number of nitrogens with two attached hydrogens (primary N) is 1. The van der Waals surface area contributed by atoms with Crippen LogP contribution in [-0.2, 0) is 21.3 Å². The summed E-state index contributed by atoms with van der Waals surface area (Å²) >= 11 is 0. The number of sulfonamides is 1. The Balaban J connectivity index is 2.10. The fourth-order valence-electron chi connectivity index (χ4n) is 2.26. The van der Waals surface area contributed by atoms with Gasteiger partial charge in [-0.25, -0.2) is 17.5 Å². The normalized spacial score (nSPS) is 22.6. The third-order valence-electron chi connectivity index (χ3n) is 3.36. The van der Waals surface area contributed by atoms with Crippen molar-refractivity contribution < 1.29 is 17.5 Å². The van der Waals surface area contributed by atoms with Crippen LogP contribution in [0.2, 0.25) is 0 Å². The summed E-state index contributed by atoms with van der Waals surface area (Å²) in [5.41, 5.74) is 5.90. The van der Waals surface area contributed by atoms with Gasteiger partial charge >= 0.3 is 0 Å². The molecule has 20 heavy (non-hydrogen) atoms. The van der Waals surface area contributed by atoms with Crippen molar-refractivity contribution in [1.29, 1.82) is 0 Å². The average molecular weight is 302 g/mol. The summed E-state index contributed by atoms with van der Waals surface area (Å²) in [4.78, 5) is -0.0835. The molecule has 0 radical (unpaired) electrons. The second-order valence-corrected chi connectivity index (χ2v) is 6.51. The lowest BCUT2D eigenvalue weighted by atomic mass is 9.90. The number of rotatable bonds is 6. The van der Waals surface area contributed by atoms with E-state index in [2.05, 4.69) is 4.72 Å². The van der Waals surface area contributed by atoms with E-state index in [9.17, 15) is 12.8 Å². The van der Waals surface area contributed by atoms with Gasteiger partial charge in [0.1, 0.15) is 5.82 Å². The summed E-state index contributed by atoms with van der Waals surface area (Å²) in [5, 5.41) is 0. The minimum absolute atomic E-state index is 0.0444. The molecule has 0 heterocycles. The third kappa shape index (κ3) is 3.35. The van der Waals surface area contributed by atoms with Crippen molar-refractivity contribution in [3.63, 3.8) is 0 Å². The zero-order chi connectivity index (χ0) is 14.8. The highest BCUT2D eigenvalue weighted by Crippen LogP contribution is 2.26. The van der Waals surface area contributed by atoms with Crippen molar-refractivity contribution in [3.05, 3.63) is 29.6 Å². The molecule has 1 saturated carbocycles. The molecule has 0 saturated heterocycles. The fourth-order valence-corrected chi connectivity index (χ4v) is 3.79. The second-order valence-electron chi connectivity index (χ2n) is 4.82. The van der Waals surface area contributed by atoms with Gasteiger partial charge in [-0.1, -0.05) is 6.07 Å². The highest BCUT2D eigenvalue weighted by Gasteiger charge is 2.33. The second kappa shape index (κ2) is 6.17. The smallest absolute Gasteiger partial charge is 0.241 e. The minimum Gasteiger partial charge on any atom is -0.378 e. The number of hydrogen-bond donors (Lipinski definition) is 2. The molecule has 3 N–H and O–H groups in total. The van der Waals surface area contributed by atoms with Crippen LogP contribution in [0, 0.1) is 5.82 Å². The van der Waals surface area contributed by atoms with Crippen LogP contribution in [0.5, 0.6) is 0 Å². The molecule has 0 aliphatic heterocycles. The summed E-state index contributed by atoms with van der Waals surface area (Å²) in [6.45, 7) is 2.56. The number of benzene rings is 1. The Labute approximate surface area is 118 Å². The van der Waals surface area contributed by atoms with E-state index in [1.165, 1.54) is 12.1 Å². The third-order valence-corrected chi connectivity index (χ3v) is 4.96. The van der Waals surface area contributed by atoms with Crippen LogP contribution in [0.3, 0.4) is 0 Å². The van der Waals surface area contributed by atoms with Gasteiger partial charge in [0, 0.05) is 19.2 Å². The van der Waals surface area contributed by atoms with Crippen LogP contribution in [-0.4, -0.2) is 27.2 Å². The van der Waals surface area contributed by atoms with Gasteiger partial charge in [0.15, 0.2) is 0 Å². The van der Waals surface area contributed by atoms with Crippen molar-refractivity contribution >= 4 is 10.0 Å². The predicted molar refractivity (Wildman–Crippen MR) is 73.0 cm³/mol. The molecule has 0 atom stereocenters. The highest BCUT2D eigenvalue weighted by molar-refractivity contribution is 7.89. The molecule has 7 heteroatoms. The molecule has 2 rings (SSSR count). The number of nitrogens with one attached hydrogen (secondary N) is 1. The largest absolute Gasteiger partial charge is 0.378 e. The summed E-state index contributed by atoms with van der Waals surface area (Å²) in [5.74, 6) is -0.594. The van der Waals surface area contributed by atoms with E-state index in [-0.39, 0.29) is 23.6 Å². The molecule has 0 aromatic heterocycles. The number of halogens is 1. The van der Waals surface area contributed by atoms with Gasteiger partial charge in [-0.3, -0.25) is 0 Å². The molecule has 1 aliphatic carbocycles. The molecule has 1 aromatic rings. The zero-order valence-corrected chi connectivity index (χ0v) is 12.1. The molecular formula is C13H19FN2O3S. The zero-order valence-electron chi connectivity index (χ0n) is 11.3. The first-order valence-electron chi connectivity index (χ1n) is 6.58. The van der Waals surface area contributed by atoms with Gasteiger partial charge in [-0.2, -0.15) is 0 Å². The quantitative estimate of drug-likeness (QED) is 0.825. The van der Waals surface area contributed by atoms with E-state index in [1.54, 1.807) is 0 Å². The van der Waals surface area contributed by atoms with E-state index >= 15 is 0 Å².